The predicted molar refractivity (Wildman–Crippen MR) is 90.4 cm³/mol. The van der Waals surface area contributed by atoms with Crippen molar-refractivity contribution < 1.29 is 0 Å². The van der Waals surface area contributed by atoms with Gasteiger partial charge in [0.25, 0.3) is 0 Å². The lowest BCUT2D eigenvalue weighted by molar-refractivity contribution is 0.832. The zero-order valence-corrected chi connectivity index (χ0v) is 13.1. The Kier molecular flexibility index (Phi) is 4.86. The molecule has 0 saturated heterocycles. The lowest BCUT2D eigenvalue weighted by atomic mass is 10.1. The van der Waals surface area contributed by atoms with Gasteiger partial charge in [0.15, 0.2) is 0 Å². The summed E-state index contributed by atoms with van der Waals surface area (Å²) in [5.41, 5.74) is 9.59. The first kappa shape index (κ1) is 15.4. The van der Waals surface area contributed by atoms with E-state index in [2.05, 4.69) is 43.0 Å². The van der Waals surface area contributed by atoms with E-state index in [1.807, 2.05) is 12.1 Å². The zero-order valence-electron chi connectivity index (χ0n) is 12.4. The molecule has 0 bridgehead atoms. The molecule has 0 spiro atoms. The maximum Gasteiger partial charge on any atom is 0.122 e. The molecule has 0 aromatic heterocycles. The minimum absolute atomic E-state index is 0.0364. The smallest absolute Gasteiger partial charge is 0.122 e. The summed E-state index contributed by atoms with van der Waals surface area (Å²) in [6, 6.07) is 14.0. The largest absolute Gasteiger partial charge is 0.384 e. The highest BCUT2D eigenvalue weighted by Crippen LogP contribution is 2.23. The molecule has 0 aliphatic rings. The number of benzene rings is 2. The summed E-state index contributed by atoms with van der Waals surface area (Å²) in [7, 11) is 0. The molecule has 3 nitrogen and oxygen atoms in total. The minimum atomic E-state index is 0.0364. The first-order chi connectivity index (χ1) is 10.0. The number of rotatable bonds is 5. The summed E-state index contributed by atoms with van der Waals surface area (Å²) in [4.78, 5) is 2.26. The molecule has 2 aromatic rings. The van der Waals surface area contributed by atoms with E-state index in [4.69, 9.17) is 22.7 Å². The van der Waals surface area contributed by atoms with Gasteiger partial charge in [-0.15, -0.1) is 0 Å². The quantitative estimate of drug-likeness (QED) is 0.649. The first-order valence-corrected chi connectivity index (χ1v) is 7.33. The van der Waals surface area contributed by atoms with E-state index in [1.165, 1.54) is 11.3 Å². The van der Waals surface area contributed by atoms with Crippen LogP contribution in [0, 0.1) is 12.3 Å². The van der Waals surface area contributed by atoms with Crippen molar-refractivity contribution in [3.63, 3.8) is 0 Å². The fourth-order valence-corrected chi connectivity index (χ4v) is 2.43. The van der Waals surface area contributed by atoms with Crippen LogP contribution in [-0.2, 0) is 6.54 Å². The Labute approximate surface area is 130 Å². The van der Waals surface area contributed by atoms with E-state index >= 15 is 0 Å². The van der Waals surface area contributed by atoms with Gasteiger partial charge < -0.3 is 10.6 Å². The van der Waals surface area contributed by atoms with Crippen molar-refractivity contribution in [1.82, 2.24) is 0 Å². The lowest BCUT2D eigenvalue weighted by Gasteiger charge is -2.24. The number of nitrogens with one attached hydrogen (secondary N) is 1. The van der Waals surface area contributed by atoms with Gasteiger partial charge in [0.1, 0.15) is 5.84 Å². The fourth-order valence-electron chi connectivity index (χ4n) is 2.19. The molecule has 0 aliphatic carbocycles. The number of halogens is 1. The van der Waals surface area contributed by atoms with Crippen LogP contribution in [0.15, 0.2) is 42.5 Å². The SMILES string of the molecule is CCN(Cc1ccc(C(=N)N)cc1Cl)c1ccc(C)cc1. The van der Waals surface area contributed by atoms with Gasteiger partial charge in [-0.1, -0.05) is 41.4 Å². The standard InChI is InChI=1S/C17H20ClN3/c1-3-21(15-8-4-12(2)5-9-15)11-14-7-6-13(17(19)20)10-16(14)18/h4-10H,3,11H2,1-2H3,(H3,19,20). The van der Waals surface area contributed by atoms with Crippen LogP contribution in [0.2, 0.25) is 5.02 Å². The molecule has 0 saturated carbocycles. The van der Waals surface area contributed by atoms with Gasteiger partial charge in [0.2, 0.25) is 0 Å². The van der Waals surface area contributed by atoms with E-state index in [0.717, 1.165) is 18.7 Å². The van der Waals surface area contributed by atoms with Gasteiger partial charge >= 0.3 is 0 Å². The fraction of sp³-hybridized carbons (Fsp3) is 0.235. The van der Waals surface area contributed by atoms with Crippen LogP contribution >= 0.6 is 11.6 Å². The van der Waals surface area contributed by atoms with E-state index in [1.54, 1.807) is 6.07 Å². The van der Waals surface area contributed by atoms with E-state index in [-0.39, 0.29) is 5.84 Å². The summed E-state index contributed by atoms with van der Waals surface area (Å²) in [5.74, 6) is 0.0364. The van der Waals surface area contributed by atoms with Crippen LogP contribution < -0.4 is 10.6 Å². The number of nitrogens with two attached hydrogens (primary N) is 1. The van der Waals surface area contributed by atoms with Crippen LogP contribution in [0.25, 0.3) is 0 Å². The molecule has 0 fully saturated rings. The van der Waals surface area contributed by atoms with E-state index in [9.17, 15) is 0 Å². The van der Waals surface area contributed by atoms with Crippen molar-refractivity contribution in [2.75, 3.05) is 11.4 Å². The van der Waals surface area contributed by atoms with Crippen molar-refractivity contribution in [3.8, 4) is 0 Å². The highest BCUT2D eigenvalue weighted by Gasteiger charge is 2.09. The van der Waals surface area contributed by atoms with Crippen molar-refractivity contribution in [3.05, 3.63) is 64.2 Å². The Bertz CT molecular complexity index is 635. The summed E-state index contributed by atoms with van der Waals surface area (Å²) < 4.78 is 0. The Morgan fingerprint density at radius 1 is 1.19 bits per heavy atom. The third-order valence-corrected chi connectivity index (χ3v) is 3.86. The maximum absolute atomic E-state index is 7.44. The van der Waals surface area contributed by atoms with E-state index in [0.29, 0.717) is 10.6 Å². The summed E-state index contributed by atoms with van der Waals surface area (Å²) in [5, 5.41) is 8.09. The highest BCUT2D eigenvalue weighted by atomic mass is 35.5. The summed E-state index contributed by atoms with van der Waals surface area (Å²) in [6.07, 6.45) is 0. The van der Waals surface area contributed by atoms with Crippen LogP contribution in [0.5, 0.6) is 0 Å². The first-order valence-electron chi connectivity index (χ1n) is 6.95. The number of anilines is 1. The van der Waals surface area contributed by atoms with Crippen molar-refractivity contribution >= 4 is 23.1 Å². The van der Waals surface area contributed by atoms with Gasteiger partial charge in [-0.25, -0.2) is 0 Å². The topological polar surface area (TPSA) is 53.1 Å². The second-order valence-corrected chi connectivity index (χ2v) is 5.48. The molecular weight excluding hydrogens is 282 g/mol. The number of amidine groups is 1. The Balaban J connectivity index is 2.22. The Morgan fingerprint density at radius 2 is 1.86 bits per heavy atom. The molecule has 21 heavy (non-hydrogen) atoms. The number of hydrogen-bond acceptors (Lipinski definition) is 2. The molecule has 0 atom stereocenters. The molecule has 4 heteroatoms. The van der Waals surface area contributed by atoms with Crippen LogP contribution in [-0.4, -0.2) is 12.4 Å². The molecule has 110 valence electrons. The average Bonchev–Trinajstić information content (AvgIpc) is 2.47. The number of hydrogen-bond donors (Lipinski definition) is 2. The average molecular weight is 302 g/mol. The lowest BCUT2D eigenvalue weighted by Crippen LogP contribution is -2.22. The third kappa shape index (κ3) is 3.76. The second-order valence-electron chi connectivity index (χ2n) is 5.07. The molecule has 0 unspecified atom stereocenters. The van der Waals surface area contributed by atoms with Gasteiger partial charge in [-0.2, -0.15) is 0 Å². The summed E-state index contributed by atoms with van der Waals surface area (Å²) >= 11 is 6.31. The monoisotopic (exact) mass is 301 g/mol. The summed E-state index contributed by atoms with van der Waals surface area (Å²) in [6.45, 7) is 5.83. The number of nitrogen functional groups attached to an aromatic ring is 1. The molecule has 2 aromatic carbocycles. The van der Waals surface area contributed by atoms with Gasteiger partial charge in [0.05, 0.1) is 0 Å². The van der Waals surface area contributed by atoms with E-state index < -0.39 is 0 Å². The zero-order chi connectivity index (χ0) is 15.4. The van der Waals surface area contributed by atoms with Gasteiger partial charge in [0, 0.05) is 29.4 Å². The molecule has 0 aliphatic heterocycles. The van der Waals surface area contributed by atoms with Gasteiger partial charge in [-0.05, 0) is 37.6 Å². The van der Waals surface area contributed by atoms with Crippen molar-refractivity contribution in [2.45, 2.75) is 20.4 Å². The molecule has 2 rings (SSSR count). The second kappa shape index (κ2) is 6.64. The molecular formula is C17H20ClN3. The maximum atomic E-state index is 7.44. The molecule has 0 radical (unpaired) electrons. The number of aryl methyl sites for hydroxylation is 1. The normalized spacial score (nSPS) is 10.4. The highest BCUT2D eigenvalue weighted by molar-refractivity contribution is 6.31. The minimum Gasteiger partial charge on any atom is -0.384 e. The molecule has 0 heterocycles. The van der Waals surface area contributed by atoms with Crippen molar-refractivity contribution in [2.24, 2.45) is 5.73 Å². The predicted octanol–water partition coefficient (Wildman–Crippen LogP) is 3.96. The van der Waals surface area contributed by atoms with Crippen LogP contribution in [0.1, 0.15) is 23.6 Å². The Morgan fingerprint density at radius 3 is 2.38 bits per heavy atom. The molecule has 0 amide bonds. The third-order valence-electron chi connectivity index (χ3n) is 3.51. The van der Waals surface area contributed by atoms with Crippen LogP contribution in [0.4, 0.5) is 5.69 Å². The van der Waals surface area contributed by atoms with Crippen LogP contribution in [0.3, 0.4) is 0 Å². The Hall–Kier alpha value is -2.00. The number of nitrogens with zero attached hydrogens (tertiary/aromatic N) is 1. The molecule has 3 N–H and O–H groups in total. The van der Waals surface area contributed by atoms with Crippen molar-refractivity contribution in [1.29, 1.82) is 5.41 Å². The van der Waals surface area contributed by atoms with Gasteiger partial charge in [-0.3, -0.25) is 5.41 Å².